The quantitative estimate of drug-likeness (QED) is 0.275. The lowest BCUT2D eigenvalue weighted by molar-refractivity contribution is -0.115. The van der Waals surface area contributed by atoms with E-state index in [1.54, 1.807) is 35.7 Å². The number of thioether (sulfide) groups is 1. The first kappa shape index (κ1) is 25.3. The summed E-state index contributed by atoms with van der Waals surface area (Å²) in [5.74, 6) is -0.398. The fourth-order valence-electron chi connectivity index (χ4n) is 4.34. The zero-order chi connectivity index (χ0) is 26.2. The molecule has 0 spiro atoms. The van der Waals surface area contributed by atoms with Crippen LogP contribution in [0.15, 0.2) is 70.6 Å². The number of rotatable bonds is 7. The number of imide groups is 1. The molecule has 1 saturated heterocycles. The number of aromatic nitrogens is 1. The second-order valence-corrected chi connectivity index (χ2v) is 12.2. The number of carbonyl (C=O) groups excluding carboxylic acids is 2. The normalized spacial score (nSPS) is 15.0. The number of pyridine rings is 1. The van der Waals surface area contributed by atoms with Crippen molar-refractivity contribution in [3.8, 4) is 20.9 Å². The van der Waals surface area contributed by atoms with Gasteiger partial charge in [0.15, 0.2) is 0 Å². The lowest BCUT2D eigenvalue weighted by atomic mass is 10.0. The molecule has 37 heavy (non-hydrogen) atoms. The Morgan fingerprint density at radius 2 is 1.81 bits per heavy atom. The lowest BCUT2D eigenvalue weighted by Crippen LogP contribution is -2.17. The summed E-state index contributed by atoms with van der Waals surface area (Å²) in [6.07, 6.45) is 5.86. The highest BCUT2D eigenvalue weighted by molar-refractivity contribution is 8.18. The smallest absolute Gasteiger partial charge is 0.282 e. The molecule has 4 aromatic rings. The van der Waals surface area contributed by atoms with Crippen LogP contribution in [0, 0.1) is 0 Å². The maximum absolute atomic E-state index is 12.3. The Kier molecular flexibility index (Phi) is 7.00. The maximum atomic E-state index is 12.3. The number of benzene rings is 2. The topological polar surface area (TPSA) is 119 Å². The summed E-state index contributed by atoms with van der Waals surface area (Å²) in [6, 6.07) is 16.9. The number of amides is 2. The van der Waals surface area contributed by atoms with Gasteiger partial charge in [0.25, 0.3) is 11.1 Å². The van der Waals surface area contributed by atoms with Gasteiger partial charge in [-0.1, -0.05) is 31.5 Å². The second kappa shape index (κ2) is 10.2. The van der Waals surface area contributed by atoms with E-state index in [0.717, 1.165) is 67.5 Å². The summed E-state index contributed by atoms with van der Waals surface area (Å²) < 4.78 is 24.6. The van der Waals surface area contributed by atoms with E-state index in [1.807, 2.05) is 42.5 Å². The number of nitrogens with one attached hydrogen (secondary N) is 1. The SMILES string of the molecule is CCCCc1c(-c2ccc(-c3ccnc4ccc(/C=C5/SC(=O)NC5=O)cc34)s2)cccc1S(N)(=O)=O. The minimum absolute atomic E-state index is 0.174. The van der Waals surface area contributed by atoms with Crippen molar-refractivity contribution >= 4 is 61.2 Å². The van der Waals surface area contributed by atoms with E-state index in [9.17, 15) is 18.0 Å². The van der Waals surface area contributed by atoms with Gasteiger partial charge in [0, 0.05) is 26.9 Å². The molecule has 188 valence electrons. The molecule has 1 aliphatic heterocycles. The Morgan fingerprint density at radius 3 is 2.51 bits per heavy atom. The van der Waals surface area contributed by atoms with Crippen LogP contribution >= 0.6 is 23.1 Å². The van der Waals surface area contributed by atoms with Crippen molar-refractivity contribution in [3.05, 3.63) is 76.8 Å². The zero-order valence-corrected chi connectivity index (χ0v) is 22.3. The molecule has 3 N–H and O–H groups in total. The largest absolute Gasteiger partial charge is 0.290 e. The summed E-state index contributed by atoms with van der Waals surface area (Å²) in [4.78, 5) is 30.5. The van der Waals surface area contributed by atoms with Crippen LogP contribution in [-0.4, -0.2) is 24.5 Å². The molecule has 2 aromatic carbocycles. The zero-order valence-electron chi connectivity index (χ0n) is 19.9. The number of thiophene rings is 1. The molecule has 0 aliphatic carbocycles. The predicted molar refractivity (Wildman–Crippen MR) is 150 cm³/mol. The predicted octanol–water partition coefficient (Wildman–Crippen LogP) is 5.94. The van der Waals surface area contributed by atoms with Crippen LogP contribution in [0.1, 0.15) is 30.9 Å². The number of nitrogens with two attached hydrogens (primary N) is 1. The summed E-state index contributed by atoms with van der Waals surface area (Å²) in [5, 5.41) is 8.34. The van der Waals surface area contributed by atoms with Crippen LogP contribution in [0.4, 0.5) is 4.79 Å². The molecular formula is C27H23N3O4S3. The fraction of sp³-hybridized carbons (Fsp3) is 0.148. The molecule has 3 heterocycles. The monoisotopic (exact) mass is 549 g/mol. The van der Waals surface area contributed by atoms with Crippen LogP contribution in [0.3, 0.4) is 0 Å². The molecule has 5 rings (SSSR count). The Hall–Kier alpha value is -3.31. The van der Waals surface area contributed by atoms with Crippen LogP contribution in [0.2, 0.25) is 0 Å². The van der Waals surface area contributed by atoms with Crippen molar-refractivity contribution in [2.45, 2.75) is 31.1 Å². The first-order valence-electron chi connectivity index (χ1n) is 11.6. The minimum atomic E-state index is -3.85. The number of nitrogens with zero attached hydrogens (tertiary/aromatic N) is 1. The highest BCUT2D eigenvalue weighted by Crippen LogP contribution is 2.40. The van der Waals surface area contributed by atoms with Gasteiger partial charge in [0.05, 0.1) is 15.3 Å². The molecule has 1 aliphatic rings. The van der Waals surface area contributed by atoms with Crippen LogP contribution in [0.5, 0.6) is 0 Å². The minimum Gasteiger partial charge on any atom is -0.282 e. The van der Waals surface area contributed by atoms with Gasteiger partial charge in [-0.25, -0.2) is 13.6 Å². The molecule has 0 unspecified atom stereocenters. The molecule has 0 saturated carbocycles. The van der Waals surface area contributed by atoms with Gasteiger partial charge >= 0.3 is 0 Å². The number of hydrogen-bond donors (Lipinski definition) is 2. The van der Waals surface area contributed by atoms with Crippen molar-refractivity contribution in [2.75, 3.05) is 0 Å². The Labute approximate surface area is 222 Å². The lowest BCUT2D eigenvalue weighted by Gasteiger charge is -2.12. The van der Waals surface area contributed by atoms with E-state index in [2.05, 4.69) is 17.2 Å². The number of primary sulfonamides is 1. The maximum Gasteiger partial charge on any atom is 0.290 e. The van der Waals surface area contributed by atoms with Gasteiger partial charge in [-0.3, -0.25) is 19.9 Å². The summed E-state index contributed by atoms with van der Waals surface area (Å²) in [6.45, 7) is 2.07. The number of carbonyl (C=O) groups is 2. The number of unbranched alkanes of at least 4 members (excludes halogenated alkanes) is 1. The van der Waals surface area contributed by atoms with Gasteiger partial charge in [-0.15, -0.1) is 11.3 Å². The van der Waals surface area contributed by atoms with Crippen molar-refractivity contribution in [2.24, 2.45) is 5.14 Å². The molecule has 10 heteroatoms. The number of hydrogen-bond acceptors (Lipinski definition) is 7. The molecular weight excluding hydrogens is 527 g/mol. The standard InChI is InChI=1S/C27H23N3O4S3/c1-2-3-5-19-17(6-4-7-25(19)37(28,33)34)22-10-11-23(35-22)18-12-13-29-21-9-8-16(14-20(18)21)15-24-26(31)30-27(32)36-24/h4,6-15H,2-3,5H2,1H3,(H2,28,33,34)(H,30,31,32)/b24-15+. The third-order valence-corrected chi connectivity index (χ3v) is 9.02. The molecule has 7 nitrogen and oxygen atoms in total. The van der Waals surface area contributed by atoms with Crippen LogP contribution in [0.25, 0.3) is 37.9 Å². The summed E-state index contributed by atoms with van der Waals surface area (Å²) in [5.41, 5.74) is 4.17. The average molecular weight is 550 g/mol. The fourth-order valence-corrected chi connectivity index (χ4v) is 6.95. The first-order valence-corrected chi connectivity index (χ1v) is 14.8. The van der Waals surface area contributed by atoms with E-state index in [-0.39, 0.29) is 10.1 Å². The molecule has 1 fully saturated rings. The second-order valence-electron chi connectivity index (χ2n) is 8.58. The average Bonchev–Trinajstić information content (AvgIpc) is 3.47. The van der Waals surface area contributed by atoms with E-state index >= 15 is 0 Å². The van der Waals surface area contributed by atoms with Crippen molar-refractivity contribution in [1.82, 2.24) is 10.3 Å². The summed E-state index contributed by atoms with van der Waals surface area (Å²) in [7, 11) is -3.85. The third-order valence-electron chi connectivity index (χ3n) is 6.06. The first-order chi connectivity index (χ1) is 17.7. The van der Waals surface area contributed by atoms with E-state index in [0.29, 0.717) is 11.3 Å². The van der Waals surface area contributed by atoms with Crippen molar-refractivity contribution < 1.29 is 18.0 Å². The number of sulfonamides is 1. The van der Waals surface area contributed by atoms with E-state index in [4.69, 9.17) is 5.14 Å². The van der Waals surface area contributed by atoms with Gasteiger partial charge in [-0.05, 0) is 83.8 Å². The highest BCUT2D eigenvalue weighted by atomic mass is 32.2. The van der Waals surface area contributed by atoms with Gasteiger partial charge < -0.3 is 0 Å². The van der Waals surface area contributed by atoms with Crippen LogP contribution < -0.4 is 10.5 Å². The Bertz CT molecular complexity index is 1690. The van der Waals surface area contributed by atoms with Gasteiger partial charge in [0.2, 0.25) is 10.0 Å². The number of fused-ring (bicyclic) bond motifs is 1. The highest BCUT2D eigenvalue weighted by Gasteiger charge is 2.25. The molecule has 0 atom stereocenters. The molecule has 0 radical (unpaired) electrons. The van der Waals surface area contributed by atoms with E-state index in [1.165, 1.54) is 0 Å². The van der Waals surface area contributed by atoms with Gasteiger partial charge in [0.1, 0.15) is 0 Å². The van der Waals surface area contributed by atoms with Crippen molar-refractivity contribution in [1.29, 1.82) is 0 Å². The van der Waals surface area contributed by atoms with Crippen LogP contribution in [-0.2, 0) is 21.2 Å². The summed E-state index contributed by atoms with van der Waals surface area (Å²) >= 11 is 2.45. The molecule has 0 bridgehead atoms. The van der Waals surface area contributed by atoms with E-state index < -0.39 is 15.9 Å². The Balaban J connectivity index is 1.58. The molecule has 2 aromatic heterocycles. The molecule has 2 amide bonds. The van der Waals surface area contributed by atoms with Gasteiger partial charge in [-0.2, -0.15) is 0 Å². The Morgan fingerprint density at radius 1 is 1.03 bits per heavy atom. The third kappa shape index (κ3) is 5.24. The van der Waals surface area contributed by atoms with Crippen molar-refractivity contribution in [3.63, 3.8) is 0 Å².